The van der Waals surface area contributed by atoms with Crippen molar-refractivity contribution in [2.24, 2.45) is 5.73 Å². The van der Waals surface area contributed by atoms with Crippen LogP contribution in [-0.4, -0.2) is 26.2 Å². The zero-order valence-corrected chi connectivity index (χ0v) is 10.8. The molecule has 0 bridgehead atoms. The summed E-state index contributed by atoms with van der Waals surface area (Å²) in [4.78, 5) is 15.1. The van der Waals surface area contributed by atoms with Gasteiger partial charge in [-0.2, -0.15) is 0 Å². The lowest BCUT2D eigenvalue weighted by Crippen LogP contribution is -2.51. The minimum atomic E-state index is -0.925. The molecule has 1 heterocycles. The molecule has 1 rings (SSSR count). The number of aliphatic hydroxyl groups is 1. The highest BCUT2D eigenvalue weighted by Crippen LogP contribution is 2.35. The van der Waals surface area contributed by atoms with Crippen molar-refractivity contribution in [3.05, 3.63) is 18.2 Å². The van der Waals surface area contributed by atoms with E-state index in [9.17, 15) is 9.90 Å². The maximum absolute atomic E-state index is 11.3. The maximum Gasteiger partial charge on any atom is 0.284 e. The fourth-order valence-corrected chi connectivity index (χ4v) is 2.20. The Morgan fingerprint density at radius 3 is 2.47 bits per heavy atom. The maximum atomic E-state index is 11.3. The van der Waals surface area contributed by atoms with E-state index in [1.165, 1.54) is 0 Å². The standard InChI is InChI=1S/C12H20N3O2/c1-5-12(17,6-2)11(3,4)15-8-7-14-10(15)9(13)16/h8,17H,5-6H2,1-4H3,(H2,13,16). The molecule has 95 valence electrons. The largest absolute Gasteiger partial charge is 0.387 e. The Kier molecular flexibility index (Phi) is 3.62. The topological polar surface area (TPSA) is 81.1 Å². The molecular weight excluding hydrogens is 218 g/mol. The van der Waals surface area contributed by atoms with Gasteiger partial charge in [-0.3, -0.25) is 4.79 Å². The highest BCUT2D eigenvalue weighted by molar-refractivity contribution is 5.89. The van der Waals surface area contributed by atoms with Crippen LogP contribution >= 0.6 is 0 Å². The molecule has 1 aromatic heterocycles. The number of nitrogens with two attached hydrogens (primary N) is 1. The molecule has 1 aromatic rings. The van der Waals surface area contributed by atoms with Crippen molar-refractivity contribution < 1.29 is 9.90 Å². The number of nitrogens with zero attached hydrogens (tertiary/aromatic N) is 2. The van der Waals surface area contributed by atoms with Gasteiger partial charge in [-0.1, -0.05) is 13.8 Å². The van der Waals surface area contributed by atoms with Crippen LogP contribution < -0.4 is 5.73 Å². The number of hydrogen-bond acceptors (Lipinski definition) is 3. The first-order valence-corrected chi connectivity index (χ1v) is 5.78. The zero-order chi connectivity index (χ0) is 13.3. The Balaban J connectivity index is 3.30. The molecule has 1 radical (unpaired) electrons. The van der Waals surface area contributed by atoms with Gasteiger partial charge < -0.3 is 15.4 Å². The summed E-state index contributed by atoms with van der Waals surface area (Å²) in [7, 11) is 0. The number of primary amides is 1. The van der Waals surface area contributed by atoms with Gasteiger partial charge in [-0.05, 0) is 26.7 Å². The Morgan fingerprint density at radius 1 is 1.53 bits per heavy atom. The van der Waals surface area contributed by atoms with E-state index in [0.717, 1.165) is 0 Å². The molecule has 0 spiro atoms. The summed E-state index contributed by atoms with van der Waals surface area (Å²) < 4.78 is 1.60. The Hall–Kier alpha value is -1.36. The van der Waals surface area contributed by atoms with E-state index in [0.29, 0.717) is 12.8 Å². The smallest absolute Gasteiger partial charge is 0.284 e. The second-order valence-corrected chi connectivity index (χ2v) is 4.73. The molecule has 5 heteroatoms. The number of carbonyl (C=O) groups is 1. The Morgan fingerprint density at radius 2 is 2.06 bits per heavy atom. The van der Waals surface area contributed by atoms with Crippen molar-refractivity contribution in [1.29, 1.82) is 0 Å². The first kappa shape index (κ1) is 13.7. The molecule has 0 aliphatic heterocycles. The molecule has 0 fully saturated rings. The van der Waals surface area contributed by atoms with Crippen LogP contribution in [0.5, 0.6) is 0 Å². The lowest BCUT2D eigenvalue weighted by molar-refractivity contribution is -0.0653. The second-order valence-electron chi connectivity index (χ2n) is 4.73. The molecule has 0 unspecified atom stereocenters. The average Bonchev–Trinajstić information content (AvgIpc) is 2.77. The van der Waals surface area contributed by atoms with E-state index >= 15 is 0 Å². The van der Waals surface area contributed by atoms with Crippen molar-refractivity contribution in [2.75, 3.05) is 0 Å². The Bertz CT molecular complexity index is 406. The van der Waals surface area contributed by atoms with E-state index in [4.69, 9.17) is 5.73 Å². The summed E-state index contributed by atoms with van der Waals surface area (Å²) in [5.74, 6) is -0.496. The fourth-order valence-electron chi connectivity index (χ4n) is 2.20. The molecule has 1 amide bonds. The number of amides is 1. The molecule has 0 aliphatic rings. The van der Waals surface area contributed by atoms with Gasteiger partial charge in [0.1, 0.15) is 6.20 Å². The van der Waals surface area contributed by atoms with Gasteiger partial charge in [0.05, 0.1) is 11.1 Å². The van der Waals surface area contributed by atoms with Gasteiger partial charge in [0.15, 0.2) is 5.82 Å². The lowest BCUT2D eigenvalue weighted by Gasteiger charge is -2.43. The molecule has 0 atom stereocenters. The predicted octanol–water partition coefficient (Wildman–Crippen LogP) is 1.07. The van der Waals surface area contributed by atoms with Gasteiger partial charge in [0.2, 0.25) is 0 Å². The summed E-state index contributed by atoms with van der Waals surface area (Å²) in [5, 5.41) is 10.6. The van der Waals surface area contributed by atoms with Gasteiger partial charge in [-0.15, -0.1) is 0 Å². The Labute approximate surface area is 102 Å². The average molecular weight is 238 g/mol. The van der Waals surface area contributed by atoms with Crippen molar-refractivity contribution in [3.8, 4) is 0 Å². The number of rotatable bonds is 5. The summed E-state index contributed by atoms with van der Waals surface area (Å²) in [6, 6.07) is 0. The third-order valence-electron chi connectivity index (χ3n) is 3.72. The van der Waals surface area contributed by atoms with Crippen LogP contribution in [-0.2, 0) is 5.54 Å². The summed E-state index contributed by atoms with van der Waals surface area (Å²) >= 11 is 0. The zero-order valence-electron chi connectivity index (χ0n) is 10.8. The van der Waals surface area contributed by atoms with Crippen LogP contribution in [0.3, 0.4) is 0 Å². The van der Waals surface area contributed by atoms with Crippen LogP contribution in [0, 0.1) is 6.20 Å². The number of aromatic nitrogens is 2. The first-order chi connectivity index (χ1) is 7.80. The van der Waals surface area contributed by atoms with Gasteiger partial charge in [-0.25, -0.2) is 4.98 Å². The summed E-state index contributed by atoms with van der Waals surface area (Å²) in [6.07, 6.45) is 5.31. The van der Waals surface area contributed by atoms with Crippen LogP contribution in [0.1, 0.15) is 51.2 Å². The molecule has 3 N–H and O–H groups in total. The van der Waals surface area contributed by atoms with Crippen LogP contribution in [0.2, 0.25) is 0 Å². The van der Waals surface area contributed by atoms with Gasteiger partial charge in [0, 0.05) is 6.20 Å². The number of imidazole rings is 1. The lowest BCUT2D eigenvalue weighted by atomic mass is 9.78. The minimum absolute atomic E-state index is 0.121. The van der Waals surface area contributed by atoms with Crippen molar-refractivity contribution in [1.82, 2.24) is 9.55 Å². The van der Waals surface area contributed by atoms with E-state index in [1.807, 2.05) is 27.7 Å². The van der Waals surface area contributed by atoms with E-state index in [2.05, 4.69) is 11.2 Å². The molecular formula is C12H20N3O2. The van der Waals surface area contributed by atoms with Crippen LogP contribution in [0.15, 0.2) is 6.20 Å². The highest BCUT2D eigenvalue weighted by Gasteiger charge is 2.43. The predicted molar refractivity (Wildman–Crippen MR) is 64.4 cm³/mol. The van der Waals surface area contributed by atoms with Gasteiger partial charge in [0.25, 0.3) is 5.91 Å². The molecule has 5 nitrogen and oxygen atoms in total. The molecule has 17 heavy (non-hydrogen) atoms. The van der Waals surface area contributed by atoms with Crippen molar-refractivity contribution in [3.63, 3.8) is 0 Å². The number of carbonyl (C=O) groups excluding carboxylic acids is 1. The minimum Gasteiger partial charge on any atom is -0.387 e. The van der Waals surface area contributed by atoms with Crippen molar-refractivity contribution in [2.45, 2.75) is 51.7 Å². The van der Waals surface area contributed by atoms with E-state index in [-0.39, 0.29) is 5.82 Å². The highest BCUT2D eigenvalue weighted by atomic mass is 16.3. The molecule has 0 saturated heterocycles. The normalized spacial score (nSPS) is 12.8. The monoisotopic (exact) mass is 238 g/mol. The molecule has 0 aromatic carbocycles. The third kappa shape index (κ3) is 2.07. The van der Waals surface area contributed by atoms with Crippen LogP contribution in [0.25, 0.3) is 0 Å². The second kappa shape index (κ2) is 4.49. The third-order valence-corrected chi connectivity index (χ3v) is 3.72. The van der Waals surface area contributed by atoms with E-state index in [1.54, 1.807) is 10.8 Å². The number of hydrogen-bond donors (Lipinski definition) is 2. The first-order valence-electron chi connectivity index (χ1n) is 5.78. The van der Waals surface area contributed by atoms with Crippen molar-refractivity contribution >= 4 is 5.91 Å². The molecule has 0 aliphatic carbocycles. The SMILES string of the molecule is CCC(O)(CC)C(C)(C)n1c[c]nc1C(N)=O. The fraction of sp³-hybridized carbons (Fsp3) is 0.667. The van der Waals surface area contributed by atoms with Gasteiger partial charge >= 0.3 is 0 Å². The summed E-state index contributed by atoms with van der Waals surface area (Å²) in [5.41, 5.74) is 3.66. The van der Waals surface area contributed by atoms with E-state index < -0.39 is 17.0 Å². The molecule has 0 saturated carbocycles. The van der Waals surface area contributed by atoms with Crippen LogP contribution in [0.4, 0.5) is 0 Å². The quantitative estimate of drug-likeness (QED) is 0.805. The summed E-state index contributed by atoms with van der Waals surface area (Å²) in [6.45, 7) is 7.55.